The van der Waals surface area contributed by atoms with Crippen LogP contribution in [0.5, 0.6) is 0 Å². The van der Waals surface area contributed by atoms with Gasteiger partial charge in [-0.15, -0.1) is 0 Å². The van der Waals surface area contributed by atoms with Gasteiger partial charge in [0, 0.05) is 12.0 Å². The maximum Gasteiger partial charge on any atom is 0.0746 e. The molecule has 1 saturated carbocycles. The van der Waals surface area contributed by atoms with Crippen molar-refractivity contribution >= 4 is 0 Å². The van der Waals surface area contributed by atoms with Crippen LogP contribution in [0.3, 0.4) is 0 Å². The molecule has 2 aliphatic rings. The van der Waals surface area contributed by atoms with Gasteiger partial charge < -0.3 is 10.8 Å². The first-order valence-corrected chi connectivity index (χ1v) is 8.64. The molecule has 0 amide bonds. The number of rotatable bonds is 3. The summed E-state index contributed by atoms with van der Waals surface area (Å²) in [6.45, 7) is 2.83. The molecule has 0 spiro atoms. The van der Waals surface area contributed by atoms with Crippen molar-refractivity contribution in [1.29, 1.82) is 0 Å². The summed E-state index contributed by atoms with van der Waals surface area (Å²) in [5, 5.41) is 11.7. The van der Waals surface area contributed by atoms with Crippen molar-refractivity contribution in [2.24, 2.45) is 17.1 Å². The van der Waals surface area contributed by atoms with Gasteiger partial charge in [0.1, 0.15) is 0 Å². The van der Waals surface area contributed by atoms with Crippen LogP contribution in [0.25, 0.3) is 0 Å². The first-order chi connectivity index (χ1) is 10.1. The highest BCUT2D eigenvalue weighted by Gasteiger charge is 2.54. The lowest BCUT2D eigenvalue weighted by Crippen LogP contribution is -2.60. The smallest absolute Gasteiger partial charge is 0.0746 e. The predicted octanol–water partition coefficient (Wildman–Crippen LogP) is 3.45. The second-order valence-corrected chi connectivity index (χ2v) is 7.21. The molecular formula is C19H29NO. The molecule has 1 fully saturated rings. The summed E-state index contributed by atoms with van der Waals surface area (Å²) in [6, 6.07) is 8.70. The van der Waals surface area contributed by atoms with E-state index in [4.69, 9.17) is 5.73 Å². The summed E-state index contributed by atoms with van der Waals surface area (Å²) < 4.78 is 0. The van der Waals surface area contributed by atoms with E-state index in [0.29, 0.717) is 12.5 Å². The third-order valence-corrected chi connectivity index (χ3v) is 6.36. The van der Waals surface area contributed by atoms with Crippen molar-refractivity contribution < 1.29 is 5.11 Å². The zero-order valence-electron chi connectivity index (χ0n) is 13.3. The Bertz CT molecular complexity index is 500. The van der Waals surface area contributed by atoms with E-state index < -0.39 is 5.60 Å². The van der Waals surface area contributed by atoms with Crippen molar-refractivity contribution in [2.75, 3.05) is 6.54 Å². The lowest BCUT2D eigenvalue weighted by atomic mass is 9.54. The van der Waals surface area contributed by atoms with Crippen LogP contribution in [-0.4, -0.2) is 17.3 Å². The number of benzene rings is 1. The first-order valence-electron chi connectivity index (χ1n) is 8.64. The Balaban J connectivity index is 1.97. The van der Waals surface area contributed by atoms with Crippen LogP contribution in [0.15, 0.2) is 24.3 Å². The second-order valence-electron chi connectivity index (χ2n) is 7.21. The standard InChI is InChI=1S/C19H29NO/c1-2-17-9-5-6-11-19(17,21)18(14-20)12-10-15-7-3-4-8-16(15)13-18/h3-4,7-8,17,21H,2,5-6,9-14,20H2,1H3. The molecule has 3 unspecified atom stereocenters. The molecule has 0 radical (unpaired) electrons. The number of hydrogen-bond acceptors (Lipinski definition) is 2. The van der Waals surface area contributed by atoms with Crippen LogP contribution >= 0.6 is 0 Å². The van der Waals surface area contributed by atoms with E-state index >= 15 is 0 Å². The lowest BCUT2D eigenvalue weighted by Gasteiger charge is -2.55. The van der Waals surface area contributed by atoms with Gasteiger partial charge in [-0.1, -0.05) is 50.5 Å². The topological polar surface area (TPSA) is 46.2 Å². The Morgan fingerprint density at radius 1 is 1.19 bits per heavy atom. The van der Waals surface area contributed by atoms with Crippen LogP contribution in [0, 0.1) is 11.3 Å². The van der Waals surface area contributed by atoms with Crippen molar-refractivity contribution in [3.8, 4) is 0 Å². The quantitative estimate of drug-likeness (QED) is 0.894. The fourth-order valence-electron chi connectivity index (χ4n) is 4.99. The monoisotopic (exact) mass is 287 g/mol. The highest BCUT2D eigenvalue weighted by molar-refractivity contribution is 5.32. The van der Waals surface area contributed by atoms with Gasteiger partial charge in [0.25, 0.3) is 0 Å². The summed E-state index contributed by atoms with van der Waals surface area (Å²) in [5.74, 6) is 0.417. The summed E-state index contributed by atoms with van der Waals surface area (Å²) in [7, 11) is 0. The molecule has 2 nitrogen and oxygen atoms in total. The Labute approximate surface area is 128 Å². The van der Waals surface area contributed by atoms with Crippen molar-refractivity contribution in [3.63, 3.8) is 0 Å². The number of nitrogens with two attached hydrogens (primary N) is 1. The largest absolute Gasteiger partial charge is 0.389 e. The molecule has 3 atom stereocenters. The van der Waals surface area contributed by atoms with E-state index in [1.807, 2.05) is 0 Å². The van der Waals surface area contributed by atoms with Gasteiger partial charge in [0.2, 0.25) is 0 Å². The number of hydrogen-bond donors (Lipinski definition) is 2. The number of aliphatic hydroxyl groups is 1. The molecule has 0 heterocycles. The molecule has 1 aromatic carbocycles. The molecule has 1 aromatic rings. The Kier molecular flexibility index (Phi) is 4.11. The van der Waals surface area contributed by atoms with E-state index in [0.717, 1.165) is 44.9 Å². The third-order valence-electron chi connectivity index (χ3n) is 6.36. The summed E-state index contributed by atoms with van der Waals surface area (Å²) in [5.41, 5.74) is 8.44. The third kappa shape index (κ3) is 2.33. The molecule has 0 aliphatic heterocycles. The minimum absolute atomic E-state index is 0.123. The highest BCUT2D eigenvalue weighted by Crippen LogP contribution is 2.52. The average molecular weight is 287 g/mol. The molecular weight excluding hydrogens is 258 g/mol. The summed E-state index contributed by atoms with van der Waals surface area (Å²) >= 11 is 0. The van der Waals surface area contributed by atoms with Gasteiger partial charge in [-0.25, -0.2) is 0 Å². The van der Waals surface area contributed by atoms with Crippen LogP contribution in [0.2, 0.25) is 0 Å². The van der Waals surface area contributed by atoms with Crippen LogP contribution in [0.4, 0.5) is 0 Å². The Morgan fingerprint density at radius 3 is 2.67 bits per heavy atom. The molecule has 0 bridgehead atoms. The lowest BCUT2D eigenvalue weighted by molar-refractivity contribution is -0.151. The normalized spacial score (nSPS) is 36.2. The van der Waals surface area contributed by atoms with E-state index in [-0.39, 0.29) is 5.41 Å². The molecule has 3 rings (SSSR count). The molecule has 2 aliphatic carbocycles. The molecule has 0 aromatic heterocycles. The van der Waals surface area contributed by atoms with Crippen molar-refractivity contribution in [2.45, 2.75) is 63.9 Å². The number of aryl methyl sites for hydroxylation is 1. The van der Waals surface area contributed by atoms with Crippen LogP contribution < -0.4 is 5.73 Å². The van der Waals surface area contributed by atoms with Crippen LogP contribution in [-0.2, 0) is 12.8 Å². The van der Waals surface area contributed by atoms with Gasteiger partial charge in [-0.2, -0.15) is 0 Å². The number of fused-ring (bicyclic) bond motifs is 1. The van der Waals surface area contributed by atoms with Crippen molar-refractivity contribution in [3.05, 3.63) is 35.4 Å². The van der Waals surface area contributed by atoms with E-state index in [1.165, 1.54) is 17.5 Å². The minimum atomic E-state index is -0.567. The SMILES string of the molecule is CCC1CCCCC1(O)C1(CN)CCc2ccccc2C1. The molecule has 0 saturated heterocycles. The fourth-order valence-corrected chi connectivity index (χ4v) is 4.99. The molecule has 2 heteroatoms. The van der Waals surface area contributed by atoms with E-state index in [9.17, 15) is 5.11 Å². The molecule has 3 N–H and O–H groups in total. The molecule has 116 valence electrons. The van der Waals surface area contributed by atoms with Gasteiger partial charge in [-0.3, -0.25) is 0 Å². The predicted molar refractivity (Wildman–Crippen MR) is 87.2 cm³/mol. The Morgan fingerprint density at radius 2 is 1.95 bits per heavy atom. The zero-order valence-corrected chi connectivity index (χ0v) is 13.3. The van der Waals surface area contributed by atoms with Gasteiger partial charge in [0.05, 0.1) is 5.60 Å². The zero-order chi connectivity index (χ0) is 14.9. The van der Waals surface area contributed by atoms with Gasteiger partial charge in [0.15, 0.2) is 0 Å². The minimum Gasteiger partial charge on any atom is -0.389 e. The molecule has 21 heavy (non-hydrogen) atoms. The fraction of sp³-hybridized carbons (Fsp3) is 0.684. The first kappa shape index (κ1) is 15.1. The van der Waals surface area contributed by atoms with Crippen molar-refractivity contribution in [1.82, 2.24) is 0 Å². The van der Waals surface area contributed by atoms with E-state index in [2.05, 4.69) is 31.2 Å². The maximum atomic E-state index is 11.7. The Hall–Kier alpha value is -0.860. The summed E-state index contributed by atoms with van der Waals surface area (Å²) in [6.07, 6.45) is 8.63. The second kappa shape index (κ2) is 5.73. The average Bonchev–Trinajstić information content (AvgIpc) is 2.54. The maximum absolute atomic E-state index is 11.7. The summed E-state index contributed by atoms with van der Waals surface area (Å²) in [4.78, 5) is 0. The van der Waals surface area contributed by atoms with Crippen LogP contribution in [0.1, 0.15) is 56.6 Å². The van der Waals surface area contributed by atoms with E-state index in [1.54, 1.807) is 0 Å². The van der Waals surface area contributed by atoms with Gasteiger partial charge in [-0.05, 0) is 49.1 Å². The van der Waals surface area contributed by atoms with Gasteiger partial charge >= 0.3 is 0 Å². The highest BCUT2D eigenvalue weighted by atomic mass is 16.3.